The van der Waals surface area contributed by atoms with Gasteiger partial charge in [0, 0.05) is 20.3 Å². The summed E-state index contributed by atoms with van der Waals surface area (Å²) in [5.74, 6) is -1.09. The molecule has 0 radical (unpaired) electrons. The molecule has 2 unspecified atom stereocenters. The molecule has 0 aliphatic carbocycles. The SMILES string of the molecule is CC(=O)OC1OC[C@@H](OC(C)=O)CC1F. The first-order valence-electron chi connectivity index (χ1n) is 4.59. The van der Waals surface area contributed by atoms with Crippen molar-refractivity contribution < 1.29 is 28.2 Å². The molecule has 3 atom stereocenters. The lowest BCUT2D eigenvalue weighted by atomic mass is 10.1. The van der Waals surface area contributed by atoms with Crippen LogP contribution >= 0.6 is 0 Å². The molecule has 1 fully saturated rings. The van der Waals surface area contributed by atoms with Crippen molar-refractivity contribution in [3.63, 3.8) is 0 Å². The maximum Gasteiger partial charge on any atom is 0.305 e. The Morgan fingerprint density at radius 2 is 1.87 bits per heavy atom. The van der Waals surface area contributed by atoms with Crippen molar-refractivity contribution in [2.24, 2.45) is 0 Å². The van der Waals surface area contributed by atoms with E-state index in [1.165, 1.54) is 13.8 Å². The highest BCUT2D eigenvalue weighted by molar-refractivity contribution is 5.66. The summed E-state index contributed by atoms with van der Waals surface area (Å²) in [7, 11) is 0. The normalized spacial score (nSPS) is 30.7. The number of ether oxygens (including phenoxy) is 3. The Hall–Kier alpha value is -1.17. The molecule has 0 saturated carbocycles. The van der Waals surface area contributed by atoms with Gasteiger partial charge in [0.25, 0.3) is 0 Å². The van der Waals surface area contributed by atoms with E-state index < -0.39 is 30.5 Å². The molecule has 0 amide bonds. The van der Waals surface area contributed by atoms with E-state index in [9.17, 15) is 14.0 Å². The van der Waals surface area contributed by atoms with Gasteiger partial charge in [0.05, 0.1) is 6.61 Å². The zero-order valence-electron chi connectivity index (χ0n) is 8.57. The lowest BCUT2D eigenvalue weighted by Gasteiger charge is -2.30. The third-order valence-corrected chi connectivity index (χ3v) is 1.84. The van der Waals surface area contributed by atoms with Gasteiger partial charge in [-0.05, 0) is 0 Å². The summed E-state index contributed by atoms with van der Waals surface area (Å²) < 4.78 is 27.6. The Morgan fingerprint density at radius 1 is 1.27 bits per heavy atom. The molecule has 1 aliphatic heterocycles. The van der Waals surface area contributed by atoms with Crippen molar-refractivity contribution in [2.75, 3.05) is 6.61 Å². The van der Waals surface area contributed by atoms with Gasteiger partial charge in [-0.1, -0.05) is 0 Å². The molecule has 1 heterocycles. The van der Waals surface area contributed by atoms with E-state index in [0.29, 0.717) is 0 Å². The molecule has 5 nitrogen and oxygen atoms in total. The van der Waals surface area contributed by atoms with Crippen LogP contribution in [0, 0.1) is 0 Å². The van der Waals surface area contributed by atoms with E-state index in [0.717, 1.165) is 0 Å². The molecule has 0 N–H and O–H groups in total. The molecule has 1 aliphatic rings. The number of alkyl halides is 1. The molecule has 0 aromatic rings. The molecule has 6 heteroatoms. The lowest BCUT2D eigenvalue weighted by molar-refractivity contribution is -0.223. The molecule has 0 spiro atoms. The van der Waals surface area contributed by atoms with Gasteiger partial charge in [-0.2, -0.15) is 0 Å². The van der Waals surface area contributed by atoms with E-state index in [4.69, 9.17) is 9.47 Å². The van der Waals surface area contributed by atoms with E-state index in [2.05, 4.69) is 4.74 Å². The highest BCUT2D eigenvalue weighted by Gasteiger charge is 2.35. The Morgan fingerprint density at radius 3 is 2.33 bits per heavy atom. The van der Waals surface area contributed by atoms with E-state index >= 15 is 0 Å². The Balaban J connectivity index is 2.40. The smallest absolute Gasteiger partial charge is 0.305 e. The van der Waals surface area contributed by atoms with E-state index in [-0.39, 0.29) is 13.0 Å². The number of halogens is 1. The van der Waals surface area contributed by atoms with Gasteiger partial charge < -0.3 is 14.2 Å². The molecule has 0 aromatic carbocycles. The zero-order chi connectivity index (χ0) is 11.4. The fourth-order valence-electron chi connectivity index (χ4n) is 1.33. The van der Waals surface area contributed by atoms with Crippen LogP contribution in [-0.4, -0.2) is 37.1 Å². The van der Waals surface area contributed by atoms with Crippen molar-refractivity contribution >= 4 is 11.9 Å². The number of hydrogen-bond donors (Lipinski definition) is 0. The van der Waals surface area contributed by atoms with Gasteiger partial charge in [-0.3, -0.25) is 9.59 Å². The number of carbonyl (C=O) groups is 2. The number of esters is 2. The predicted molar refractivity (Wildman–Crippen MR) is 46.6 cm³/mol. The lowest BCUT2D eigenvalue weighted by Crippen LogP contribution is -2.42. The monoisotopic (exact) mass is 220 g/mol. The van der Waals surface area contributed by atoms with Gasteiger partial charge in [0.2, 0.25) is 6.29 Å². The quantitative estimate of drug-likeness (QED) is 0.636. The zero-order valence-corrected chi connectivity index (χ0v) is 8.57. The van der Waals surface area contributed by atoms with Gasteiger partial charge in [0.1, 0.15) is 6.10 Å². The summed E-state index contributed by atoms with van der Waals surface area (Å²) in [6, 6.07) is 0. The predicted octanol–water partition coefficient (Wildman–Crippen LogP) is 0.566. The van der Waals surface area contributed by atoms with Gasteiger partial charge in [-0.25, -0.2) is 4.39 Å². The first kappa shape index (κ1) is 11.9. The maximum absolute atomic E-state index is 13.3. The summed E-state index contributed by atoms with van der Waals surface area (Å²) in [6.45, 7) is 2.46. The number of rotatable bonds is 2. The highest BCUT2D eigenvalue weighted by Crippen LogP contribution is 2.20. The fourth-order valence-corrected chi connectivity index (χ4v) is 1.33. The third-order valence-electron chi connectivity index (χ3n) is 1.84. The summed E-state index contributed by atoms with van der Waals surface area (Å²) in [5.41, 5.74) is 0. The molecular weight excluding hydrogens is 207 g/mol. The molecule has 0 bridgehead atoms. The summed E-state index contributed by atoms with van der Waals surface area (Å²) >= 11 is 0. The summed E-state index contributed by atoms with van der Waals surface area (Å²) in [5, 5.41) is 0. The molecule has 0 aromatic heterocycles. The van der Waals surface area contributed by atoms with Crippen molar-refractivity contribution in [3.05, 3.63) is 0 Å². The van der Waals surface area contributed by atoms with Crippen molar-refractivity contribution in [1.29, 1.82) is 0 Å². The van der Waals surface area contributed by atoms with Crippen molar-refractivity contribution in [2.45, 2.75) is 38.8 Å². The van der Waals surface area contributed by atoms with Gasteiger partial charge in [0.15, 0.2) is 6.17 Å². The second-order valence-electron chi connectivity index (χ2n) is 3.29. The Kier molecular flexibility index (Phi) is 4.02. The van der Waals surface area contributed by atoms with Gasteiger partial charge in [-0.15, -0.1) is 0 Å². The molecular formula is C9H13FO5. The first-order chi connectivity index (χ1) is 6.99. The van der Waals surface area contributed by atoms with Crippen LogP contribution in [0.2, 0.25) is 0 Å². The van der Waals surface area contributed by atoms with Crippen LogP contribution in [0.5, 0.6) is 0 Å². The summed E-state index contributed by atoms with van der Waals surface area (Å²) in [4.78, 5) is 21.2. The van der Waals surface area contributed by atoms with E-state index in [1.807, 2.05) is 0 Å². The molecule has 1 saturated heterocycles. The second-order valence-corrected chi connectivity index (χ2v) is 3.29. The largest absolute Gasteiger partial charge is 0.460 e. The van der Waals surface area contributed by atoms with Crippen LogP contribution in [0.3, 0.4) is 0 Å². The van der Waals surface area contributed by atoms with Crippen LogP contribution in [0.4, 0.5) is 4.39 Å². The second kappa shape index (κ2) is 5.06. The van der Waals surface area contributed by atoms with Crippen molar-refractivity contribution in [1.82, 2.24) is 0 Å². The average Bonchev–Trinajstić information content (AvgIpc) is 2.08. The first-order valence-corrected chi connectivity index (χ1v) is 4.59. The van der Waals surface area contributed by atoms with Crippen LogP contribution in [0.1, 0.15) is 20.3 Å². The number of carbonyl (C=O) groups excluding carboxylic acids is 2. The molecule has 86 valence electrons. The molecule has 1 rings (SSSR count). The van der Waals surface area contributed by atoms with Crippen LogP contribution in [0.15, 0.2) is 0 Å². The Labute approximate surface area is 86.5 Å². The topological polar surface area (TPSA) is 61.8 Å². The summed E-state index contributed by atoms with van der Waals surface area (Å²) in [6.07, 6.45) is -3.28. The van der Waals surface area contributed by atoms with Crippen LogP contribution in [0.25, 0.3) is 0 Å². The Bertz CT molecular complexity index is 255. The highest BCUT2D eigenvalue weighted by atomic mass is 19.1. The van der Waals surface area contributed by atoms with Crippen molar-refractivity contribution in [3.8, 4) is 0 Å². The minimum atomic E-state index is -1.47. The van der Waals surface area contributed by atoms with Gasteiger partial charge >= 0.3 is 11.9 Å². The van der Waals surface area contributed by atoms with E-state index in [1.54, 1.807) is 0 Å². The standard InChI is InChI=1S/C9H13FO5/c1-5(11)14-7-3-8(10)9(13-4-7)15-6(2)12/h7-9H,3-4H2,1-2H3/t7-,8?,9?/m0/s1. The minimum absolute atomic E-state index is 0.0163. The van der Waals surface area contributed by atoms with Crippen LogP contribution < -0.4 is 0 Å². The minimum Gasteiger partial charge on any atom is -0.460 e. The third kappa shape index (κ3) is 3.83. The maximum atomic E-state index is 13.3. The molecule has 15 heavy (non-hydrogen) atoms. The fraction of sp³-hybridized carbons (Fsp3) is 0.778. The van der Waals surface area contributed by atoms with Crippen LogP contribution in [-0.2, 0) is 23.8 Å². The number of hydrogen-bond acceptors (Lipinski definition) is 5. The average molecular weight is 220 g/mol.